The third-order valence-corrected chi connectivity index (χ3v) is 6.54. The highest BCUT2D eigenvalue weighted by Gasteiger charge is 2.27. The fourth-order valence-electron chi connectivity index (χ4n) is 4.21. The first kappa shape index (κ1) is 28.1. The third-order valence-electron chi connectivity index (χ3n) is 6.54. The molecule has 0 radical (unpaired) electrons. The van der Waals surface area contributed by atoms with Gasteiger partial charge >= 0.3 is 5.97 Å². The van der Waals surface area contributed by atoms with E-state index in [1.807, 2.05) is 69.3 Å². The summed E-state index contributed by atoms with van der Waals surface area (Å²) in [6, 6.07) is 26.7. The van der Waals surface area contributed by atoms with Crippen LogP contribution in [0.3, 0.4) is 0 Å². The summed E-state index contributed by atoms with van der Waals surface area (Å²) in [5.74, 6) is 0.591. The van der Waals surface area contributed by atoms with Crippen molar-refractivity contribution in [2.75, 3.05) is 13.2 Å². The predicted octanol–water partition coefficient (Wildman–Crippen LogP) is 6.41. The SMILES string of the molecule is CCC(Cc1ccccc1)NCC(COc1cccc2c(=O)cc(-c3ccccc3)oc12)OC(=O)C(C)(C)C. The van der Waals surface area contributed by atoms with Crippen LogP contribution in [0.5, 0.6) is 5.75 Å². The lowest BCUT2D eigenvalue weighted by atomic mass is 9.97. The lowest BCUT2D eigenvalue weighted by Gasteiger charge is -2.26. The monoisotopic (exact) mass is 527 g/mol. The zero-order valence-electron chi connectivity index (χ0n) is 23.1. The van der Waals surface area contributed by atoms with Gasteiger partial charge in [-0.05, 0) is 51.3 Å². The molecule has 0 fully saturated rings. The van der Waals surface area contributed by atoms with Crippen LogP contribution in [0.2, 0.25) is 0 Å². The zero-order chi connectivity index (χ0) is 27.8. The fraction of sp³-hybridized carbons (Fsp3) is 0.333. The van der Waals surface area contributed by atoms with Gasteiger partial charge in [0.2, 0.25) is 0 Å². The van der Waals surface area contributed by atoms with Gasteiger partial charge in [0.15, 0.2) is 16.8 Å². The van der Waals surface area contributed by atoms with E-state index < -0.39 is 11.5 Å². The average molecular weight is 528 g/mol. The van der Waals surface area contributed by atoms with Gasteiger partial charge in [-0.2, -0.15) is 0 Å². The Labute approximate surface area is 230 Å². The quantitative estimate of drug-likeness (QED) is 0.227. The molecule has 4 rings (SSSR count). The highest BCUT2D eigenvalue weighted by molar-refractivity contribution is 5.84. The molecule has 4 aromatic rings. The summed E-state index contributed by atoms with van der Waals surface area (Å²) in [6.07, 6.45) is 1.25. The topological polar surface area (TPSA) is 77.8 Å². The Morgan fingerprint density at radius 1 is 0.949 bits per heavy atom. The first-order valence-corrected chi connectivity index (χ1v) is 13.5. The maximum absolute atomic E-state index is 12.9. The molecular formula is C33H37NO5. The molecule has 0 aliphatic carbocycles. The molecule has 1 aromatic heterocycles. The van der Waals surface area contributed by atoms with Crippen molar-refractivity contribution >= 4 is 16.9 Å². The summed E-state index contributed by atoms with van der Waals surface area (Å²) < 4.78 is 18.2. The van der Waals surface area contributed by atoms with Crippen LogP contribution in [0.1, 0.15) is 39.7 Å². The van der Waals surface area contributed by atoms with Crippen molar-refractivity contribution in [2.24, 2.45) is 5.41 Å². The molecular weight excluding hydrogens is 490 g/mol. The number of hydrogen-bond donors (Lipinski definition) is 1. The number of para-hydroxylation sites is 1. The second-order valence-corrected chi connectivity index (χ2v) is 10.8. The summed E-state index contributed by atoms with van der Waals surface area (Å²) in [5.41, 5.74) is 1.62. The van der Waals surface area contributed by atoms with Crippen molar-refractivity contribution in [2.45, 2.75) is 52.7 Å². The minimum Gasteiger partial charge on any atom is -0.486 e. The van der Waals surface area contributed by atoms with E-state index in [2.05, 4.69) is 24.4 Å². The minimum absolute atomic E-state index is 0.106. The molecule has 1 heterocycles. The summed E-state index contributed by atoms with van der Waals surface area (Å²) in [6.45, 7) is 8.15. The number of carbonyl (C=O) groups is 1. The van der Waals surface area contributed by atoms with Crippen molar-refractivity contribution in [3.8, 4) is 17.1 Å². The van der Waals surface area contributed by atoms with Gasteiger partial charge in [-0.25, -0.2) is 0 Å². The number of rotatable bonds is 11. The molecule has 39 heavy (non-hydrogen) atoms. The van der Waals surface area contributed by atoms with Crippen molar-refractivity contribution in [3.05, 3.63) is 101 Å². The van der Waals surface area contributed by atoms with E-state index in [1.165, 1.54) is 11.6 Å². The fourth-order valence-corrected chi connectivity index (χ4v) is 4.21. The minimum atomic E-state index is -0.650. The van der Waals surface area contributed by atoms with Gasteiger partial charge in [-0.15, -0.1) is 0 Å². The van der Waals surface area contributed by atoms with Crippen molar-refractivity contribution < 1.29 is 18.7 Å². The molecule has 0 bridgehead atoms. The Morgan fingerprint density at radius 3 is 2.31 bits per heavy atom. The van der Waals surface area contributed by atoms with E-state index in [9.17, 15) is 9.59 Å². The van der Waals surface area contributed by atoms with Gasteiger partial charge in [0.1, 0.15) is 18.5 Å². The molecule has 0 aliphatic rings. The second-order valence-electron chi connectivity index (χ2n) is 10.8. The van der Waals surface area contributed by atoms with Gasteiger partial charge in [0.25, 0.3) is 0 Å². The van der Waals surface area contributed by atoms with Gasteiger partial charge in [-0.1, -0.05) is 73.7 Å². The maximum Gasteiger partial charge on any atom is 0.311 e. The lowest BCUT2D eigenvalue weighted by Crippen LogP contribution is -2.42. The number of hydrogen-bond acceptors (Lipinski definition) is 6. The molecule has 6 heteroatoms. The van der Waals surface area contributed by atoms with Crippen LogP contribution in [0.25, 0.3) is 22.3 Å². The zero-order valence-corrected chi connectivity index (χ0v) is 23.1. The van der Waals surface area contributed by atoms with Gasteiger partial charge < -0.3 is 19.2 Å². The lowest BCUT2D eigenvalue weighted by molar-refractivity contribution is -0.160. The van der Waals surface area contributed by atoms with Crippen LogP contribution in [0.4, 0.5) is 0 Å². The second kappa shape index (κ2) is 12.8. The molecule has 2 unspecified atom stereocenters. The van der Waals surface area contributed by atoms with Crippen molar-refractivity contribution in [1.82, 2.24) is 5.32 Å². The molecule has 6 nitrogen and oxygen atoms in total. The first-order chi connectivity index (χ1) is 18.7. The largest absolute Gasteiger partial charge is 0.486 e. The number of ether oxygens (including phenoxy) is 2. The van der Waals surface area contributed by atoms with E-state index in [-0.39, 0.29) is 24.0 Å². The number of esters is 1. The summed E-state index contributed by atoms with van der Waals surface area (Å²) in [7, 11) is 0. The summed E-state index contributed by atoms with van der Waals surface area (Å²) >= 11 is 0. The maximum atomic E-state index is 12.9. The van der Waals surface area contributed by atoms with Gasteiger partial charge in [0, 0.05) is 24.2 Å². The van der Waals surface area contributed by atoms with Crippen LogP contribution in [0, 0.1) is 5.41 Å². The Hall–Kier alpha value is -3.90. The number of carbonyl (C=O) groups excluding carboxylic acids is 1. The number of fused-ring (bicyclic) bond motifs is 1. The normalized spacial score (nSPS) is 13.1. The Morgan fingerprint density at radius 2 is 1.64 bits per heavy atom. The number of benzene rings is 3. The van der Waals surface area contributed by atoms with E-state index >= 15 is 0 Å². The number of nitrogens with one attached hydrogen (secondary N) is 1. The highest BCUT2D eigenvalue weighted by Crippen LogP contribution is 2.29. The van der Waals surface area contributed by atoms with Crippen LogP contribution in [0.15, 0.2) is 94.1 Å². The Balaban J connectivity index is 1.54. The first-order valence-electron chi connectivity index (χ1n) is 13.5. The standard InChI is InChI=1S/C33H37NO5/c1-5-25(19-23-13-8-6-9-14-23)34-21-26(38-32(36)33(2,3)4)22-37-29-18-12-17-27-28(35)20-30(39-31(27)29)24-15-10-7-11-16-24/h6-18,20,25-26,34H,5,19,21-22H2,1-4H3. The highest BCUT2D eigenvalue weighted by atomic mass is 16.6. The average Bonchev–Trinajstić information content (AvgIpc) is 2.94. The molecule has 3 aromatic carbocycles. The summed E-state index contributed by atoms with van der Waals surface area (Å²) in [4.78, 5) is 25.7. The van der Waals surface area contributed by atoms with E-state index in [0.29, 0.717) is 29.0 Å². The molecule has 0 spiro atoms. The molecule has 204 valence electrons. The molecule has 2 atom stereocenters. The third kappa shape index (κ3) is 7.58. The Kier molecular flexibility index (Phi) is 9.20. The summed E-state index contributed by atoms with van der Waals surface area (Å²) in [5, 5.41) is 3.99. The molecule has 0 saturated carbocycles. The van der Waals surface area contributed by atoms with E-state index in [4.69, 9.17) is 13.9 Å². The van der Waals surface area contributed by atoms with Crippen LogP contribution in [-0.4, -0.2) is 31.3 Å². The molecule has 0 amide bonds. The molecule has 1 N–H and O–H groups in total. The smallest absolute Gasteiger partial charge is 0.311 e. The van der Waals surface area contributed by atoms with Gasteiger partial charge in [0.05, 0.1) is 10.8 Å². The van der Waals surface area contributed by atoms with Crippen molar-refractivity contribution in [1.29, 1.82) is 0 Å². The van der Waals surface area contributed by atoms with E-state index in [0.717, 1.165) is 18.4 Å². The molecule has 0 saturated heterocycles. The van der Waals surface area contributed by atoms with Crippen LogP contribution < -0.4 is 15.5 Å². The predicted molar refractivity (Wildman–Crippen MR) is 155 cm³/mol. The van der Waals surface area contributed by atoms with Crippen LogP contribution >= 0.6 is 0 Å². The van der Waals surface area contributed by atoms with Crippen LogP contribution in [-0.2, 0) is 16.0 Å². The van der Waals surface area contributed by atoms with E-state index in [1.54, 1.807) is 18.2 Å². The van der Waals surface area contributed by atoms with Gasteiger partial charge in [-0.3, -0.25) is 9.59 Å². The van der Waals surface area contributed by atoms with Crippen molar-refractivity contribution in [3.63, 3.8) is 0 Å². The molecule has 0 aliphatic heterocycles. The Bertz CT molecular complexity index is 1420.